The first kappa shape index (κ1) is 16.8. The predicted molar refractivity (Wildman–Crippen MR) is 92.3 cm³/mol. The zero-order chi connectivity index (χ0) is 17.2. The van der Waals surface area contributed by atoms with E-state index in [9.17, 15) is 9.90 Å². The van der Waals surface area contributed by atoms with Crippen LogP contribution in [0.15, 0.2) is 12.3 Å². The van der Waals surface area contributed by atoms with Gasteiger partial charge in [0.1, 0.15) is 0 Å². The second-order valence-corrected chi connectivity index (χ2v) is 7.23. The number of carbonyl (C=O) groups excluding carboxylic acids is 1. The van der Waals surface area contributed by atoms with Crippen molar-refractivity contribution in [2.45, 2.75) is 38.0 Å². The first-order valence-corrected chi connectivity index (χ1v) is 9.30. The molecule has 0 radical (unpaired) electrons. The average molecular weight is 349 g/mol. The number of carbonyl (C=O) groups is 1. The molecule has 2 N–H and O–H groups in total. The summed E-state index contributed by atoms with van der Waals surface area (Å²) >= 11 is 0. The number of urea groups is 1. The average Bonchev–Trinajstić information content (AvgIpc) is 3.32. The van der Waals surface area contributed by atoms with Gasteiger partial charge in [0.2, 0.25) is 0 Å². The van der Waals surface area contributed by atoms with E-state index in [1.54, 1.807) is 4.90 Å². The van der Waals surface area contributed by atoms with Crippen LogP contribution in [-0.2, 0) is 11.3 Å². The van der Waals surface area contributed by atoms with Crippen molar-refractivity contribution in [2.24, 2.45) is 5.92 Å². The molecule has 1 aromatic rings. The molecular formula is C17H27N5O3. The van der Waals surface area contributed by atoms with Gasteiger partial charge in [-0.1, -0.05) is 0 Å². The minimum Gasteiger partial charge on any atom is -0.391 e. The highest BCUT2D eigenvalue weighted by Crippen LogP contribution is 2.38. The van der Waals surface area contributed by atoms with Crippen molar-refractivity contribution in [1.29, 1.82) is 0 Å². The van der Waals surface area contributed by atoms with E-state index in [1.165, 1.54) is 0 Å². The molecule has 0 unspecified atom stereocenters. The Morgan fingerprint density at radius 2 is 2.08 bits per heavy atom. The van der Waals surface area contributed by atoms with Crippen molar-refractivity contribution in [2.75, 3.05) is 44.7 Å². The monoisotopic (exact) mass is 349 g/mol. The zero-order valence-electron chi connectivity index (χ0n) is 14.5. The van der Waals surface area contributed by atoms with Gasteiger partial charge in [0.15, 0.2) is 5.82 Å². The molecule has 2 saturated heterocycles. The lowest BCUT2D eigenvalue weighted by molar-refractivity contribution is 0.0360. The molecule has 8 nitrogen and oxygen atoms in total. The van der Waals surface area contributed by atoms with Gasteiger partial charge in [-0.2, -0.15) is 5.10 Å². The molecule has 25 heavy (non-hydrogen) atoms. The highest BCUT2D eigenvalue weighted by atomic mass is 16.5. The quantitative estimate of drug-likeness (QED) is 0.831. The summed E-state index contributed by atoms with van der Waals surface area (Å²) in [6.07, 6.45) is 4.32. The second kappa shape index (κ2) is 7.31. The third-order valence-electron chi connectivity index (χ3n) is 5.70. The Labute approximate surface area is 147 Å². The number of aliphatic hydroxyl groups excluding tert-OH is 1. The minimum absolute atomic E-state index is 0.0246. The number of hydrogen-bond acceptors (Lipinski definition) is 5. The number of hydrogen-bond donors (Lipinski definition) is 2. The van der Waals surface area contributed by atoms with E-state index in [-0.39, 0.29) is 18.2 Å². The fraction of sp³-hybridized carbons (Fsp3) is 0.765. The van der Waals surface area contributed by atoms with Gasteiger partial charge < -0.3 is 14.7 Å². The Hall–Kier alpha value is -1.64. The van der Waals surface area contributed by atoms with E-state index < -0.39 is 0 Å². The first-order valence-electron chi connectivity index (χ1n) is 9.30. The van der Waals surface area contributed by atoms with Crippen LogP contribution in [0, 0.1) is 5.92 Å². The largest absolute Gasteiger partial charge is 0.391 e. The maximum absolute atomic E-state index is 12.5. The van der Waals surface area contributed by atoms with E-state index in [0.717, 1.165) is 65.2 Å². The van der Waals surface area contributed by atoms with Crippen LogP contribution in [0.25, 0.3) is 0 Å². The smallest absolute Gasteiger partial charge is 0.323 e. The maximum Gasteiger partial charge on any atom is 0.323 e. The van der Waals surface area contributed by atoms with E-state index in [4.69, 9.17) is 4.74 Å². The molecule has 1 aliphatic carbocycles. The highest BCUT2D eigenvalue weighted by Gasteiger charge is 2.45. The van der Waals surface area contributed by atoms with Gasteiger partial charge in [0, 0.05) is 38.4 Å². The van der Waals surface area contributed by atoms with E-state index in [0.29, 0.717) is 11.7 Å². The van der Waals surface area contributed by atoms with Crippen LogP contribution in [-0.4, -0.2) is 82.3 Å². The Morgan fingerprint density at radius 1 is 1.24 bits per heavy atom. The molecule has 1 aromatic heterocycles. The number of ether oxygens (including phenoxy) is 1. The van der Waals surface area contributed by atoms with E-state index >= 15 is 0 Å². The van der Waals surface area contributed by atoms with Crippen LogP contribution >= 0.6 is 0 Å². The van der Waals surface area contributed by atoms with E-state index in [2.05, 4.69) is 15.3 Å². The molecule has 2 aliphatic heterocycles. The molecule has 3 aliphatic rings. The summed E-state index contributed by atoms with van der Waals surface area (Å²) in [4.78, 5) is 16.7. The van der Waals surface area contributed by atoms with Crippen LogP contribution < -0.4 is 5.32 Å². The lowest BCUT2D eigenvalue weighted by atomic mass is 10.0. The Morgan fingerprint density at radius 3 is 2.92 bits per heavy atom. The molecule has 0 aromatic carbocycles. The number of aliphatic hydroxyl groups is 1. The summed E-state index contributed by atoms with van der Waals surface area (Å²) in [5.74, 6) is 1.02. The van der Waals surface area contributed by atoms with Gasteiger partial charge in [-0.15, -0.1) is 0 Å². The fourth-order valence-corrected chi connectivity index (χ4v) is 4.31. The number of amides is 2. The molecule has 3 atom stereocenters. The van der Waals surface area contributed by atoms with Crippen LogP contribution in [0.4, 0.5) is 10.6 Å². The standard InChI is InChI=1S/C17H27N5O3/c23-14-2-1-13-3-6-22(16(13)14)17(24)18-15-4-5-21(19-15)8-7-20-9-11-25-12-10-20/h4-5,13-14,16,23H,1-3,6-12H2,(H,18,19,24)/t13-,14+,16+/m0/s1. The number of anilines is 1. The minimum atomic E-state index is -0.385. The molecular weight excluding hydrogens is 322 g/mol. The summed E-state index contributed by atoms with van der Waals surface area (Å²) in [7, 11) is 0. The van der Waals surface area contributed by atoms with Crippen molar-refractivity contribution in [1.82, 2.24) is 19.6 Å². The number of likely N-dealkylation sites (tertiary alicyclic amines) is 1. The summed E-state index contributed by atoms with van der Waals surface area (Å²) in [5, 5.41) is 17.5. The summed E-state index contributed by atoms with van der Waals surface area (Å²) in [5.41, 5.74) is 0. The van der Waals surface area contributed by atoms with Crippen LogP contribution in [0.5, 0.6) is 0 Å². The molecule has 2 amide bonds. The second-order valence-electron chi connectivity index (χ2n) is 7.23. The zero-order valence-corrected chi connectivity index (χ0v) is 14.5. The van der Waals surface area contributed by atoms with Crippen LogP contribution in [0.1, 0.15) is 19.3 Å². The van der Waals surface area contributed by atoms with Crippen molar-refractivity contribution < 1.29 is 14.6 Å². The molecule has 3 fully saturated rings. The van der Waals surface area contributed by atoms with Gasteiger partial charge >= 0.3 is 6.03 Å². The highest BCUT2D eigenvalue weighted by molar-refractivity contribution is 5.88. The lowest BCUT2D eigenvalue weighted by Crippen LogP contribution is -2.44. The SMILES string of the molecule is O=C(Nc1ccn(CCN2CCOCC2)n1)N1CC[C@@H]2CC[C@@H](O)[C@@H]21. The number of aromatic nitrogens is 2. The molecule has 138 valence electrons. The molecule has 4 rings (SSSR count). The first-order chi connectivity index (χ1) is 12.2. The van der Waals surface area contributed by atoms with Crippen molar-refractivity contribution in [3.8, 4) is 0 Å². The number of nitrogens with zero attached hydrogens (tertiary/aromatic N) is 4. The molecule has 0 bridgehead atoms. The molecule has 0 spiro atoms. The third-order valence-corrected chi connectivity index (χ3v) is 5.70. The van der Waals surface area contributed by atoms with Gasteiger partial charge in [-0.3, -0.25) is 14.9 Å². The number of rotatable bonds is 4. The molecule has 1 saturated carbocycles. The maximum atomic E-state index is 12.5. The van der Waals surface area contributed by atoms with E-state index in [1.807, 2.05) is 16.9 Å². The van der Waals surface area contributed by atoms with Crippen molar-refractivity contribution >= 4 is 11.8 Å². The normalized spacial score (nSPS) is 29.8. The van der Waals surface area contributed by atoms with Gasteiger partial charge in [0.25, 0.3) is 0 Å². The fourth-order valence-electron chi connectivity index (χ4n) is 4.31. The van der Waals surface area contributed by atoms with Crippen LogP contribution in [0.3, 0.4) is 0 Å². The molecule has 3 heterocycles. The summed E-state index contributed by atoms with van der Waals surface area (Å²) in [6.45, 7) is 5.96. The topological polar surface area (TPSA) is 82.9 Å². The number of fused-ring (bicyclic) bond motifs is 1. The van der Waals surface area contributed by atoms with Gasteiger partial charge in [0.05, 0.1) is 31.9 Å². The van der Waals surface area contributed by atoms with Gasteiger partial charge in [-0.25, -0.2) is 4.79 Å². The number of morpholine rings is 1. The van der Waals surface area contributed by atoms with Crippen molar-refractivity contribution in [3.05, 3.63) is 12.3 Å². The third kappa shape index (κ3) is 3.65. The Balaban J connectivity index is 1.29. The number of nitrogens with one attached hydrogen (secondary N) is 1. The Bertz CT molecular complexity index is 601. The lowest BCUT2D eigenvalue weighted by Gasteiger charge is -2.26. The molecule has 8 heteroatoms. The summed E-state index contributed by atoms with van der Waals surface area (Å²) in [6, 6.07) is 1.66. The Kier molecular flexibility index (Phi) is 4.91. The summed E-state index contributed by atoms with van der Waals surface area (Å²) < 4.78 is 7.22. The predicted octanol–water partition coefficient (Wildman–Crippen LogP) is 0.592. The van der Waals surface area contributed by atoms with Gasteiger partial charge in [-0.05, 0) is 25.2 Å². The van der Waals surface area contributed by atoms with Crippen LogP contribution in [0.2, 0.25) is 0 Å². The van der Waals surface area contributed by atoms with Crippen molar-refractivity contribution in [3.63, 3.8) is 0 Å².